The predicted octanol–water partition coefficient (Wildman–Crippen LogP) is 3.58. The van der Waals surface area contributed by atoms with Crippen LogP contribution in [0.1, 0.15) is 30.7 Å². The third-order valence-corrected chi connectivity index (χ3v) is 6.30. The molecule has 1 saturated heterocycles. The molecule has 1 aliphatic heterocycles. The number of amides is 2. The van der Waals surface area contributed by atoms with E-state index >= 15 is 0 Å². The Morgan fingerprint density at radius 2 is 1.85 bits per heavy atom. The van der Waals surface area contributed by atoms with Crippen molar-refractivity contribution in [2.45, 2.75) is 38.3 Å². The molecule has 6 heteroatoms. The van der Waals surface area contributed by atoms with Gasteiger partial charge in [0, 0.05) is 43.2 Å². The number of nitrogens with zero attached hydrogens (tertiary/aromatic N) is 3. The van der Waals surface area contributed by atoms with Crippen LogP contribution < -0.4 is 5.32 Å². The third-order valence-electron chi connectivity index (χ3n) is 5.45. The minimum atomic E-state index is 0.0348. The van der Waals surface area contributed by atoms with Gasteiger partial charge in [0.2, 0.25) is 0 Å². The summed E-state index contributed by atoms with van der Waals surface area (Å²) in [5, 5.41) is 6.03. The lowest BCUT2D eigenvalue weighted by atomic mass is 10.2. The lowest BCUT2D eigenvalue weighted by molar-refractivity contribution is 0.109. The summed E-state index contributed by atoms with van der Waals surface area (Å²) in [7, 11) is 0. The number of carbonyl (C=O) groups is 1. The summed E-state index contributed by atoms with van der Waals surface area (Å²) in [5.74, 6) is 0. The van der Waals surface area contributed by atoms with Crippen LogP contribution in [-0.2, 0) is 6.54 Å². The van der Waals surface area contributed by atoms with E-state index in [0.29, 0.717) is 6.54 Å². The van der Waals surface area contributed by atoms with Crippen LogP contribution in [0.2, 0.25) is 0 Å². The average molecular weight is 371 g/mol. The number of thiazole rings is 1. The van der Waals surface area contributed by atoms with Crippen LogP contribution >= 0.6 is 11.3 Å². The Bertz CT molecular complexity index is 718. The fraction of sp³-hybridized carbons (Fsp3) is 0.500. The van der Waals surface area contributed by atoms with Gasteiger partial charge in [-0.1, -0.05) is 43.2 Å². The molecule has 1 N–H and O–H groups in total. The molecule has 2 heterocycles. The molecule has 0 unspecified atom stereocenters. The zero-order chi connectivity index (χ0) is 17.8. The Kier molecular flexibility index (Phi) is 5.51. The molecule has 1 aliphatic carbocycles. The molecule has 4 rings (SSSR count). The topological polar surface area (TPSA) is 48.5 Å². The summed E-state index contributed by atoms with van der Waals surface area (Å²) in [4.78, 5) is 21.6. The first-order valence-corrected chi connectivity index (χ1v) is 10.4. The van der Waals surface area contributed by atoms with Crippen LogP contribution in [0.3, 0.4) is 0 Å². The van der Waals surface area contributed by atoms with Gasteiger partial charge in [0.15, 0.2) is 0 Å². The first-order chi connectivity index (χ1) is 12.8. The highest BCUT2D eigenvalue weighted by Crippen LogP contribution is 2.24. The molecule has 2 aliphatic rings. The van der Waals surface area contributed by atoms with E-state index in [-0.39, 0.29) is 6.03 Å². The number of hydrogen-bond donors (Lipinski definition) is 1. The van der Waals surface area contributed by atoms with Gasteiger partial charge in [-0.2, -0.15) is 0 Å². The molecule has 1 aromatic heterocycles. The minimum Gasteiger partial charge on any atom is -0.331 e. The van der Waals surface area contributed by atoms with Gasteiger partial charge in [0.05, 0.1) is 12.2 Å². The Labute approximate surface area is 159 Å². The normalized spacial score (nSPS) is 19.0. The van der Waals surface area contributed by atoms with Crippen LogP contribution in [0.15, 0.2) is 35.7 Å². The molecule has 0 radical (unpaired) electrons. The quantitative estimate of drug-likeness (QED) is 0.895. The highest BCUT2D eigenvalue weighted by molar-refractivity contribution is 7.09. The molecule has 0 atom stereocenters. The third kappa shape index (κ3) is 4.07. The van der Waals surface area contributed by atoms with Crippen molar-refractivity contribution in [3.05, 3.63) is 40.7 Å². The van der Waals surface area contributed by atoms with E-state index in [2.05, 4.69) is 32.7 Å². The number of piperazine rings is 1. The maximum atomic E-state index is 12.4. The van der Waals surface area contributed by atoms with E-state index in [9.17, 15) is 4.79 Å². The number of benzene rings is 1. The summed E-state index contributed by atoms with van der Waals surface area (Å²) in [6.45, 7) is 4.17. The monoisotopic (exact) mass is 370 g/mol. The summed E-state index contributed by atoms with van der Waals surface area (Å²) in [6, 6.07) is 10.9. The average Bonchev–Trinajstić information content (AvgIpc) is 3.39. The van der Waals surface area contributed by atoms with Crippen LogP contribution in [0.4, 0.5) is 4.79 Å². The number of rotatable bonds is 4. The van der Waals surface area contributed by atoms with Crippen LogP contribution in [0.25, 0.3) is 11.3 Å². The lowest BCUT2D eigenvalue weighted by Gasteiger charge is -2.37. The van der Waals surface area contributed by atoms with Crippen molar-refractivity contribution < 1.29 is 4.79 Å². The second-order valence-corrected chi connectivity index (χ2v) is 8.06. The predicted molar refractivity (Wildman–Crippen MR) is 105 cm³/mol. The molecule has 1 aromatic carbocycles. The van der Waals surface area contributed by atoms with Crippen molar-refractivity contribution in [1.82, 2.24) is 20.1 Å². The maximum Gasteiger partial charge on any atom is 0.317 e. The highest BCUT2D eigenvalue weighted by atomic mass is 32.1. The smallest absolute Gasteiger partial charge is 0.317 e. The SMILES string of the molecule is O=C(NCc1nc(-c2ccccc2)cs1)N1CCN(C2CCCC2)CC1. The molecule has 138 valence electrons. The second-order valence-electron chi connectivity index (χ2n) is 7.11. The lowest BCUT2D eigenvalue weighted by Crippen LogP contribution is -2.53. The van der Waals surface area contributed by atoms with Gasteiger partial charge in [0.25, 0.3) is 0 Å². The van der Waals surface area contributed by atoms with Crippen LogP contribution in [0, 0.1) is 0 Å². The highest BCUT2D eigenvalue weighted by Gasteiger charge is 2.27. The second kappa shape index (κ2) is 8.18. The van der Waals surface area contributed by atoms with Crippen molar-refractivity contribution in [2.75, 3.05) is 26.2 Å². The summed E-state index contributed by atoms with van der Waals surface area (Å²) < 4.78 is 0. The number of urea groups is 1. The largest absolute Gasteiger partial charge is 0.331 e. The summed E-state index contributed by atoms with van der Waals surface area (Å²) in [6.07, 6.45) is 5.40. The zero-order valence-electron chi connectivity index (χ0n) is 15.1. The molecular weight excluding hydrogens is 344 g/mol. The molecule has 2 fully saturated rings. The van der Waals surface area contributed by atoms with Crippen molar-refractivity contribution in [2.24, 2.45) is 0 Å². The van der Waals surface area contributed by atoms with E-state index in [4.69, 9.17) is 0 Å². The molecule has 0 spiro atoms. The van der Waals surface area contributed by atoms with Gasteiger partial charge in [0.1, 0.15) is 5.01 Å². The van der Waals surface area contributed by atoms with Crippen molar-refractivity contribution in [3.63, 3.8) is 0 Å². The van der Waals surface area contributed by atoms with Gasteiger partial charge < -0.3 is 10.2 Å². The van der Waals surface area contributed by atoms with Crippen LogP contribution in [0.5, 0.6) is 0 Å². The molecule has 0 bridgehead atoms. The standard InChI is InChI=1S/C20H26N4OS/c25-20(24-12-10-23(11-13-24)17-8-4-5-9-17)21-14-19-22-18(15-26-19)16-6-2-1-3-7-16/h1-3,6-7,15,17H,4-5,8-14H2,(H,21,25). The molecule has 2 amide bonds. The fourth-order valence-electron chi connectivity index (χ4n) is 3.96. The summed E-state index contributed by atoms with van der Waals surface area (Å²) in [5.41, 5.74) is 2.09. The molecule has 5 nitrogen and oxygen atoms in total. The first kappa shape index (κ1) is 17.5. The number of hydrogen-bond acceptors (Lipinski definition) is 4. The molecular formula is C20H26N4OS. The van der Waals surface area contributed by atoms with Crippen molar-refractivity contribution in [3.8, 4) is 11.3 Å². The van der Waals surface area contributed by atoms with Crippen molar-refractivity contribution >= 4 is 17.4 Å². The first-order valence-electron chi connectivity index (χ1n) is 9.56. The Hall–Kier alpha value is -1.92. The van der Waals surface area contributed by atoms with E-state index in [1.165, 1.54) is 25.7 Å². The van der Waals surface area contributed by atoms with E-state index in [1.54, 1.807) is 11.3 Å². The number of nitrogens with one attached hydrogen (secondary N) is 1. The van der Waals surface area contributed by atoms with Gasteiger partial charge in [-0.05, 0) is 12.8 Å². The van der Waals surface area contributed by atoms with Crippen LogP contribution in [-0.4, -0.2) is 53.0 Å². The van der Waals surface area contributed by atoms with Gasteiger partial charge >= 0.3 is 6.03 Å². The van der Waals surface area contributed by atoms with Gasteiger partial charge in [-0.3, -0.25) is 4.90 Å². The van der Waals surface area contributed by atoms with Crippen molar-refractivity contribution in [1.29, 1.82) is 0 Å². The Morgan fingerprint density at radius 3 is 2.58 bits per heavy atom. The maximum absolute atomic E-state index is 12.4. The molecule has 26 heavy (non-hydrogen) atoms. The minimum absolute atomic E-state index is 0.0348. The summed E-state index contributed by atoms with van der Waals surface area (Å²) >= 11 is 1.60. The number of carbonyl (C=O) groups excluding carboxylic acids is 1. The number of aromatic nitrogens is 1. The fourth-order valence-corrected chi connectivity index (χ4v) is 4.70. The van der Waals surface area contributed by atoms with E-state index < -0.39 is 0 Å². The van der Waals surface area contributed by atoms with Gasteiger partial charge in [-0.25, -0.2) is 9.78 Å². The zero-order valence-corrected chi connectivity index (χ0v) is 15.9. The van der Waals surface area contributed by atoms with E-state index in [1.807, 2.05) is 23.1 Å². The Morgan fingerprint density at radius 1 is 1.12 bits per heavy atom. The van der Waals surface area contributed by atoms with E-state index in [0.717, 1.165) is 48.5 Å². The molecule has 1 saturated carbocycles. The molecule has 2 aromatic rings. The van der Waals surface area contributed by atoms with Gasteiger partial charge in [-0.15, -0.1) is 11.3 Å². The Balaban J connectivity index is 1.25.